The lowest BCUT2D eigenvalue weighted by Gasteiger charge is -2.02. The maximum absolute atomic E-state index is 8.64. The highest BCUT2D eigenvalue weighted by molar-refractivity contribution is 6.17. The van der Waals surface area contributed by atoms with Crippen LogP contribution in [0.4, 0.5) is 0 Å². The Morgan fingerprint density at radius 3 is 1.06 bits per heavy atom. The maximum atomic E-state index is 8.64. The lowest BCUT2D eigenvalue weighted by molar-refractivity contribution is 0.282. The Balaban J connectivity index is 2.85. The number of hydrogen-bond acceptors (Lipinski definition) is 1. The molecule has 1 nitrogen and oxygen atoms in total. The van der Waals surface area contributed by atoms with Crippen LogP contribution in [-0.2, 0) is 0 Å². The summed E-state index contributed by atoms with van der Waals surface area (Å²) in [4.78, 5) is 0. The number of halogens is 1. The predicted molar refractivity (Wildman–Crippen MR) is 77.8 cm³/mol. The second kappa shape index (κ2) is 16.2. The fraction of sp³-hybridized carbons (Fsp3) is 1.00. The Hall–Kier alpha value is 0.250. The lowest BCUT2D eigenvalue weighted by Crippen LogP contribution is -1.85. The van der Waals surface area contributed by atoms with E-state index in [9.17, 15) is 0 Å². The second-order valence-corrected chi connectivity index (χ2v) is 5.39. The second-order valence-electron chi connectivity index (χ2n) is 5.01. The zero-order chi connectivity index (χ0) is 12.6. The molecule has 0 aliphatic carbocycles. The summed E-state index contributed by atoms with van der Waals surface area (Å²) >= 11 is 5.63. The number of unbranched alkanes of at least 4 members (excludes halogenated alkanes) is 12. The summed E-state index contributed by atoms with van der Waals surface area (Å²) in [7, 11) is 0. The third-order valence-electron chi connectivity index (χ3n) is 3.29. The summed E-state index contributed by atoms with van der Waals surface area (Å²) in [5, 5.41) is 8.64. The fourth-order valence-corrected chi connectivity index (χ4v) is 2.34. The van der Waals surface area contributed by atoms with Crippen LogP contribution in [0.15, 0.2) is 0 Å². The van der Waals surface area contributed by atoms with Gasteiger partial charge in [0.25, 0.3) is 0 Å². The van der Waals surface area contributed by atoms with Gasteiger partial charge in [-0.25, -0.2) is 0 Å². The molecule has 0 amide bonds. The van der Waals surface area contributed by atoms with E-state index in [0.29, 0.717) is 6.61 Å². The Bertz CT molecular complexity index is 114. The first-order chi connectivity index (χ1) is 8.41. The molecular weight excluding hydrogens is 232 g/mol. The van der Waals surface area contributed by atoms with Crippen LogP contribution >= 0.6 is 11.6 Å². The van der Waals surface area contributed by atoms with Crippen LogP contribution in [0.2, 0.25) is 0 Å². The Labute approximate surface area is 113 Å². The zero-order valence-electron chi connectivity index (χ0n) is 11.4. The molecule has 0 aromatic carbocycles. The minimum Gasteiger partial charge on any atom is -0.396 e. The van der Waals surface area contributed by atoms with Crippen molar-refractivity contribution in [3.05, 3.63) is 0 Å². The number of rotatable bonds is 14. The molecule has 0 saturated carbocycles. The Morgan fingerprint density at radius 2 is 0.765 bits per heavy atom. The minimum atomic E-state index is 0.365. The van der Waals surface area contributed by atoms with Crippen LogP contribution in [-0.4, -0.2) is 17.6 Å². The molecule has 0 aliphatic heterocycles. The first-order valence-corrected chi connectivity index (χ1v) is 8.12. The van der Waals surface area contributed by atoms with Gasteiger partial charge in [-0.1, -0.05) is 70.6 Å². The van der Waals surface area contributed by atoms with Crippen molar-refractivity contribution in [3.8, 4) is 0 Å². The standard InChI is InChI=1S/C15H31ClO/c16-14-12-10-8-6-4-2-1-3-5-7-9-11-13-15-17/h17H,1-15H2. The van der Waals surface area contributed by atoms with Crippen molar-refractivity contribution in [3.63, 3.8) is 0 Å². The van der Waals surface area contributed by atoms with Crippen LogP contribution in [0.3, 0.4) is 0 Å². The molecule has 0 aromatic rings. The van der Waals surface area contributed by atoms with Crippen molar-refractivity contribution < 1.29 is 5.11 Å². The monoisotopic (exact) mass is 262 g/mol. The third-order valence-corrected chi connectivity index (χ3v) is 3.56. The molecule has 0 radical (unpaired) electrons. The highest BCUT2D eigenvalue weighted by atomic mass is 35.5. The summed E-state index contributed by atoms with van der Waals surface area (Å²) in [5.74, 6) is 0.830. The minimum absolute atomic E-state index is 0.365. The van der Waals surface area contributed by atoms with E-state index >= 15 is 0 Å². The number of hydrogen-bond donors (Lipinski definition) is 1. The molecule has 0 aliphatic rings. The van der Waals surface area contributed by atoms with E-state index in [0.717, 1.165) is 12.3 Å². The van der Waals surface area contributed by atoms with Gasteiger partial charge in [0.2, 0.25) is 0 Å². The topological polar surface area (TPSA) is 20.2 Å². The highest BCUT2D eigenvalue weighted by Gasteiger charge is 1.93. The predicted octanol–water partition coefficient (Wildman–Crippen LogP) is 5.29. The summed E-state index contributed by atoms with van der Waals surface area (Å²) in [5.41, 5.74) is 0. The molecule has 2 heteroatoms. The molecular formula is C15H31ClO. The number of aliphatic hydroxyl groups is 1. The zero-order valence-corrected chi connectivity index (χ0v) is 12.2. The molecule has 0 aromatic heterocycles. The SMILES string of the molecule is OCCCCCCCCCCCCCCCCl. The van der Waals surface area contributed by atoms with Crippen molar-refractivity contribution in [1.82, 2.24) is 0 Å². The lowest BCUT2D eigenvalue weighted by atomic mass is 10.0. The van der Waals surface area contributed by atoms with Gasteiger partial charge >= 0.3 is 0 Å². The average Bonchev–Trinajstić information content (AvgIpc) is 2.35. The molecule has 0 saturated heterocycles. The fourth-order valence-electron chi connectivity index (χ4n) is 2.15. The van der Waals surface area contributed by atoms with Gasteiger partial charge in [0.05, 0.1) is 0 Å². The molecule has 0 atom stereocenters. The molecule has 0 unspecified atom stereocenters. The number of aliphatic hydroxyl groups excluding tert-OH is 1. The first kappa shape index (κ1) is 17.2. The molecule has 0 bridgehead atoms. The molecule has 0 heterocycles. The van der Waals surface area contributed by atoms with Crippen LogP contribution in [0.5, 0.6) is 0 Å². The van der Waals surface area contributed by atoms with Crippen molar-refractivity contribution >= 4 is 11.6 Å². The summed E-state index contributed by atoms with van der Waals surface area (Å²) < 4.78 is 0. The van der Waals surface area contributed by atoms with E-state index in [1.807, 2.05) is 0 Å². The van der Waals surface area contributed by atoms with E-state index < -0.39 is 0 Å². The molecule has 0 fully saturated rings. The van der Waals surface area contributed by atoms with Crippen LogP contribution in [0, 0.1) is 0 Å². The van der Waals surface area contributed by atoms with Crippen molar-refractivity contribution in [2.24, 2.45) is 0 Å². The van der Waals surface area contributed by atoms with Gasteiger partial charge in [-0.15, -0.1) is 11.6 Å². The molecule has 0 spiro atoms. The first-order valence-electron chi connectivity index (χ1n) is 7.58. The maximum Gasteiger partial charge on any atom is 0.0431 e. The van der Waals surface area contributed by atoms with E-state index in [-0.39, 0.29) is 0 Å². The van der Waals surface area contributed by atoms with Crippen LogP contribution in [0.25, 0.3) is 0 Å². The average molecular weight is 263 g/mol. The van der Waals surface area contributed by atoms with E-state index in [2.05, 4.69) is 0 Å². The Morgan fingerprint density at radius 1 is 0.471 bits per heavy atom. The van der Waals surface area contributed by atoms with Crippen molar-refractivity contribution in [2.45, 2.75) is 83.5 Å². The smallest absolute Gasteiger partial charge is 0.0431 e. The van der Waals surface area contributed by atoms with Crippen LogP contribution < -0.4 is 0 Å². The summed E-state index contributed by atoms with van der Waals surface area (Å²) in [6, 6.07) is 0. The normalized spacial score (nSPS) is 10.9. The van der Waals surface area contributed by atoms with Gasteiger partial charge < -0.3 is 5.11 Å². The highest BCUT2D eigenvalue weighted by Crippen LogP contribution is 2.12. The molecule has 17 heavy (non-hydrogen) atoms. The van der Waals surface area contributed by atoms with Crippen LogP contribution in [0.1, 0.15) is 83.5 Å². The largest absolute Gasteiger partial charge is 0.396 e. The van der Waals surface area contributed by atoms with E-state index in [1.165, 1.54) is 77.0 Å². The molecule has 104 valence electrons. The van der Waals surface area contributed by atoms with Gasteiger partial charge in [0, 0.05) is 12.5 Å². The summed E-state index contributed by atoms with van der Waals surface area (Å²) in [6.45, 7) is 0.365. The van der Waals surface area contributed by atoms with Gasteiger partial charge in [-0.05, 0) is 12.8 Å². The van der Waals surface area contributed by atoms with Crippen molar-refractivity contribution in [1.29, 1.82) is 0 Å². The van der Waals surface area contributed by atoms with Crippen molar-refractivity contribution in [2.75, 3.05) is 12.5 Å². The van der Waals surface area contributed by atoms with Gasteiger partial charge in [-0.2, -0.15) is 0 Å². The summed E-state index contributed by atoms with van der Waals surface area (Å²) in [6.07, 6.45) is 17.2. The third kappa shape index (κ3) is 16.2. The molecule has 0 rings (SSSR count). The Kier molecular flexibility index (Phi) is 16.5. The van der Waals surface area contributed by atoms with Gasteiger partial charge in [-0.3, -0.25) is 0 Å². The quantitative estimate of drug-likeness (QED) is 0.333. The van der Waals surface area contributed by atoms with Gasteiger partial charge in [0.1, 0.15) is 0 Å². The number of alkyl halides is 1. The molecule has 1 N–H and O–H groups in total. The van der Waals surface area contributed by atoms with E-state index in [1.54, 1.807) is 0 Å². The van der Waals surface area contributed by atoms with Gasteiger partial charge in [0.15, 0.2) is 0 Å². The van der Waals surface area contributed by atoms with E-state index in [4.69, 9.17) is 16.7 Å².